The van der Waals surface area contributed by atoms with Crippen LogP contribution in [0.3, 0.4) is 0 Å². The van der Waals surface area contributed by atoms with E-state index in [2.05, 4.69) is 10.3 Å². The first-order valence-corrected chi connectivity index (χ1v) is 12.3. The fourth-order valence-corrected chi connectivity index (χ4v) is 5.05. The van der Waals surface area contributed by atoms with Crippen LogP contribution in [0.15, 0.2) is 108 Å². The van der Waals surface area contributed by atoms with Gasteiger partial charge in [0.15, 0.2) is 0 Å². The molecule has 0 saturated carbocycles. The number of benzene rings is 3. The smallest absolute Gasteiger partial charge is 0.264 e. The summed E-state index contributed by atoms with van der Waals surface area (Å²) in [5.74, 6) is -0.364. The van der Waals surface area contributed by atoms with E-state index in [4.69, 9.17) is 0 Å². The number of sulfonamides is 1. The molecule has 0 fully saturated rings. The third-order valence-corrected chi connectivity index (χ3v) is 7.20. The fourth-order valence-electron chi connectivity index (χ4n) is 3.55. The summed E-state index contributed by atoms with van der Waals surface area (Å²) in [6.07, 6.45) is 1.67. The third-order valence-electron chi connectivity index (χ3n) is 5.43. The summed E-state index contributed by atoms with van der Waals surface area (Å²) < 4.78 is 28.8. The highest BCUT2D eigenvalue weighted by Crippen LogP contribution is 2.26. The highest BCUT2D eigenvalue weighted by atomic mass is 32.2. The van der Waals surface area contributed by atoms with E-state index in [1.807, 2.05) is 55.5 Å². The van der Waals surface area contributed by atoms with E-state index < -0.39 is 10.0 Å². The van der Waals surface area contributed by atoms with Crippen molar-refractivity contribution in [2.45, 2.75) is 24.9 Å². The molecule has 0 spiro atoms. The van der Waals surface area contributed by atoms with E-state index in [1.165, 1.54) is 16.4 Å². The molecule has 1 N–H and O–H groups in total. The predicted octanol–water partition coefficient (Wildman–Crippen LogP) is 4.72. The monoisotopic (exact) mass is 471 g/mol. The van der Waals surface area contributed by atoms with Crippen molar-refractivity contribution in [3.8, 4) is 0 Å². The Morgan fingerprint density at radius 1 is 0.882 bits per heavy atom. The molecule has 0 bridgehead atoms. The van der Waals surface area contributed by atoms with Crippen LogP contribution in [-0.2, 0) is 23.1 Å². The molecule has 4 aromatic rings. The molecule has 0 unspecified atom stereocenters. The number of anilines is 1. The lowest BCUT2D eigenvalue weighted by Gasteiger charge is -2.25. The molecule has 3 aromatic carbocycles. The molecule has 7 heteroatoms. The van der Waals surface area contributed by atoms with Gasteiger partial charge in [0, 0.05) is 11.8 Å². The zero-order valence-electron chi connectivity index (χ0n) is 18.8. The van der Waals surface area contributed by atoms with Gasteiger partial charge in [-0.1, -0.05) is 60.7 Å². The number of hydrogen-bond acceptors (Lipinski definition) is 4. The Kier molecular flexibility index (Phi) is 7.04. The number of aryl methyl sites for hydroxylation is 1. The lowest BCUT2D eigenvalue weighted by molar-refractivity contribution is 0.0950. The van der Waals surface area contributed by atoms with Crippen LogP contribution in [-0.4, -0.2) is 19.3 Å². The van der Waals surface area contributed by atoms with Crippen LogP contribution in [0.4, 0.5) is 5.69 Å². The standard InChI is InChI=1S/C27H25N3O3S/c1-21-10-9-17-28-26(21)19-29-27(31)23-13-8-16-25(18-23)34(32,33)30(24-14-6-3-7-15-24)20-22-11-4-2-5-12-22/h2-18H,19-20H2,1H3,(H,29,31). The highest BCUT2D eigenvalue weighted by molar-refractivity contribution is 7.92. The highest BCUT2D eigenvalue weighted by Gasteiger charge is 2.26. The summed E-state index contributed by atoms with van der Waals surface area (Å²) in [5, 5.41) is 2.83. The topological polar surface area (TPSA) is 79.4 Å². The number of aromatic nitrogens is 1. The molecule has 0 saturated heterocycles. The molecule has 1 heterocycles. The zero-order chi connectivity index (χ0) is 24.0. The number of carbonyl (C=O) groups is 1. The number of amides is 1. The quantitative estimate of drug-likeness (QED) is 0.403. The number of carbonyl (C=O) groups excluding carboxylic acids is 1. The number of pyridine rings is 1. The average molecular weight is 472 g/mol. The molecule has 0 aliphatic carbocycles. The molecule has 0 aliphatic rings. The van der Waals surface area contributed by atoms with Gasteiger partial charge in [-0.15, -0.1) is 0 Å². The van der Waals surface area contributed by atoms with E-state index in [-0.39, 0.29) is 29.5 Å². The minimum Gasteiger partial charge on any atom is -0.346 e. The van der Waals surface area contributed by atoms with Crippen molar-refractivity contribution in [3.63, 3.8) is 0 Å². The number of nitrogens with zero attached hydrogens (tertiary/aromatic N) is 2. The van der Waals surface area contributed by atoms with E-state index in [0.29, 0.717) is 5.69 Å². The van der Waals surface area contributed by atoms with Crippen molar-refractivity contribution in [1.29, 1.82) is 0 Å². The molecular formula is C27H25N3O3S. The summed E-state index contributed by atoms with van der Waals surface area (Å²) in [6.45, 7) is 2.35. The molecule has 0 atom stereocenters. The normalized spacial score (nSPS) is 11.1. The first-order valence-electron chi connectivity index (χ1n) is 10.9. The second kappa shape index (κ2) is 10.3. The Bertz CT molecular complexity index is 1370. The molecular weight excluding hydrogens is 446 g/mol. The lowest BCUT2D eigenvalue weighted by Crippen LogP contribution is -2.31. The molecule has 172 valence electrons. The first kappa shape index (κ1) is 23.2. The number of hydrogen-bond donors (Lipinski definition) is 1. The Balaban J connectivity index is 1.62. The van der Waals surface area contributed by atoms with Crippen molar-refractivity contribution in [1.82, 2.24) is 10.3 Å². The minimum atomic E-state index is -3.94. The van der Waals surface area contributed by atoms with Crippen LogP contribution in [0.2, 0.25) is 0 Å². The maximum absolute atomic E-state index is 13.7. The van der Waals surface area contributed by atoms with Crippen LogP contribution < -0.4 is 9.62 Å². The number of rotatable bonds is 8. The minimum absolute atomic E-state index is 0.0500. The van der Waals surface area contributed by atoms with Crippen molar-refractivity contribution < 1.29 is 13.2 Å². The van der Waals surface area contributed by atoms with Crippen molar-refractivity contribution in [2.75, 3.05) is 4.31 Å². The van der Waals surface area contributed by atoms with Gasteiger partial charge in [0.05, 0.1) is 29.4 Å². The maximum Gasteiger partial charge on any atom is 0.264 e. The van der Waals surface area contributed by atoms with Gasteiger partial charge in [-0.25, -0.2) is 8.42 Å². The summed E-state index contributed by atoms with van der Waals surface area (Å²) in [7, 11) is -3.94. The van der Waals surface area contributed by atoms with Crippen LogP contribution in [0, 0.1) is 6.92 Å². The summed E-state index contributed by atoms with van der Waals surface area (Å²) in [4.78, 5) is 17.1. The van der Waals surface area contributed by atoms with Gasteiger partial charge in [-0.05, 0) is 54.4 Å². The zero-order valence-corrected chi connectivity index (χ0v) is 19.6. The van der Waals surface area contributed by atoms with Gasteiger partial charge in [0.25, 0.3) is 15.9 Å². The Hall–Kier alpha value is -3.97. The van der Waals surface area contributed by atoms with Crippen molar-refractivity contribution in [2.24, 2.45) is 0 Å². The number of para-hydroxylation sites is 1. The van der Waals surface area contributed by atoms with E-state index in [0.717, 1.165) is 16.8 Å². The van der Waals surface area contributed by atoms with Gasteiger partial charge >= 0.3 is 0 Å². The van der Waals surface area contributed by atoms with Gasteiger partial charge in [-0.2, -0.15) is 0 Å². The first-order chi connectivity index (χ1) is 16.4. The maximum atomic E-state index is 13.7. The van der Waals surface area contributed by atoms with Crippen LogP contribution in [0.1, 0.15) is 27.2 Å². The third kappa shape index (κ3) is 5.32. The molecule has 6 nitrogen and oxygen atoms in total. The molecule has 0 aliphatic heterocycles. The Labute approximate surface area is 200 Å². The lowest BCUT2D eigenvalue weighted by atomic mass is 10.2. The molecule has 4 rings (SSSR count). The fraction of sp³-hybridized carbons (Fsp3) is 0.111. The molecule has 1 amide bonds. The largest absolute Gasteiger partial charge is 0.346 e. The molecule has 34 heavy (non-hydrogen) atoms. The van der Waals surface area contributed by atoms with Crippen LogP contribution in [0.25, 0.3) is 0 Å². The van der Waals surface area contributed by atoms with E-state index >= 15 is 0 Å². The van der Waals surface area contributed by atoms with Gasteiger partial charge in [0.2, 0.25) is 0 Å². The molecule has 1 aromatic heterocycles. The average Bonchev–Trinajstić information content (AvgIpc) is 2.88. The Morgan fingerprint density at radius 3 is 2.29 bits per heavy atom. The second-order valence-corrected chi connectivity index (χ2v) is 9.67. The van der Waals surface area contributed by atoms with Crippen molar-refractivity contribution in [3.05, 3.63) is 126 Å². The predicted molar refractivity (Wildman–Crippen MR) is 133 cm³/mol. The Morgan fingerprint density at radius 2 is 1.59 bits per heavy atom. The SMILES string of the molecule is Cc1cccnc1CNC(=O)c1cccc(S(=O)(=O)N(Cc2ccccc2)c2ccccc2)c1. The summed E-state index contributed by atoms with van der Waals surface area (Å²) >= 11 is 0. The molecule has 0 radical (unpaired) electrons. The van der Waals surface area contributed by atoms with Gasteiger partial charge in [0.1, 0.15) is 0 Å². The number of nitrogens with one attached hydrogen (secondary N) is 1. The second-order valence-electron chi connectivity index (χ2n) is 7.81. The van der Waals surface area contributed by atoms with Gasteiger partial charge in [-0.3, -0.25) is 14.1 Å². The van der Waals surface area contributed by atoms with Gasteiger partial charge < -0.3 is 5.32 Å². The summed E-state index contributed by atoms with van der Waals surface area (Å²) in [5.41, 5.74) is 3.40. The van der Waals surface area contributed by atoms with Crippen LogP contribution in [0.5, 0.6) is 0 Å². The summed E-state index contributed by atoms with van der Waals surface area (Å²) in [6, 6.07) is 28.2. The van der Waals surface area contributed by atoms with E-state index in [1.54, 1.807) is 42.6 Å². The van der Waals surface area contributed by atoms with Crippen molar-refractivity contribution >= 4 is 21.6 Å². The van der Waals surface area contributed by atoms with E-state index in [9.17, 15) is 13.2 Å². The van der Waals surface area contributed by atoms with Crippen LogP contribution >= 0.6 is 0 Å².